The number of anilines is 1. The molecule has 0 aliphatic heterocycles. The summed E-state index contributed by atoms with van der Waals surface area (Å²) in [5.74, 6) is 0.383. The van der Waals surface area contributed by atoms with Crippen molar-refractivity contribution >= 4 is 11.7 Å². The Kier molecular flexibility index (Phi) is 5.30. The maximum absolute atomic E-state index is 11.1. The summed E-state index contributed by atoms with van der Waals surface area (Å²) in [6.07, 6.45) is 1.36. The molecule has 0 spiro atoms. The van der Waals surface area contributed by atoms with Crippen LogP contribution in [0.25, 0.3) is 0 Å². The van der Waals surface area contributed by atoms with Gasteiger partial charge in [-0.3, -0.25) is 0 Å². The lowest BCUT2D eigenvalue weighted by Gasteiger charge is -2.16. The second-order valence-corrected chi connectivity index (χ2v) is 3.93. The molecule has 0 aliphatic rings. The van der Waals surface area contributed by atoms with Crippen molar-refractivity contribution in [2.45, 2.75) is 25.8 Å². The van der Waals surface area contributed by atoms with Gasteiger partial charge in [-0.1, -0.05) is 13.3 Å². The van der Waals surface area contributed by atoms with Gasteiger partial charge in [-0.25, -0.2) is 4.79 Å². The third-order valence-corrected chi connectivity index (χ3v) is 2.57. The maximum atomic E-state index is 11.1. The van der Waals surface area contributed by atoms with Crippen molar-refractivity contribution in [3.63, 3.8) is 0 Å². The number of hydrogen-bond acceptors (Lipinski definition) is 4. The van der Waals surface area contributed by atoms with Crippen LogP contribution in [0.4, 0.5) is 5.69 Å². The number of hydrogen-bond donors (Lipinski definition) is 2. The van der Waals surface area contributed by atoms with Gasteiger partial charge < -0.3 is 19.9 Å². The van der Waals surface area contributed by atoms with Gasteiger partial charge in [0.25, 0.3) is 0 Å². The first-order valence-electron chi connectivity index (χ1n) is 5.83. The van der Waals surface area contributed by atoms with Crippen LogP contribution in [0.2, 0.25) is 0 Å². The third-order valence-electron chi connectivity index (χ3n) is 2.57. The lowest BCUT2D eigenvalue weighted by atomic mass is 10.1. The fraction of sp³-hybridized carbons (Fsp3) is 0.462. The summed E-state index contributed by atoms with van der Waals surface area (Å²) in [5, 5.41) is 12.1. The minimum absolute atomic E-state index is 0.564. The fourth-order valence-corrected chi connectivity index (χ4v) is 1.64. The van der Waals surface area contributed by atoms with Gasteiger partial charge in [0.05, 0.1) is 14.2 Å². The molecule has 5 nitrogen and oxygen atoms in total. The topological polar surface area (TPSA) is 67.8 Å². The van der Waals surface area contributed by atoms with Crippen LogP contribution in [0.1, 0.15) is 19.8 Å². The monoisotopic (exact) mass is 253 g/mol. The molecule has 0 bridgehead atoms. The third kappa shape index (κ3) is 3.84. The average Bonchev–Trinajstić information content (AvgIpc) is 2.37. The van der Waals surface area contributed by atoms with Gasteiger partial charge in [0.2, 0.25) is 0 Å². The first-order chi connectivity index (χ1) is 8.60. The molecule has 0 radical (unpaired) electrons. The number of nitrogens with one attached hydrogen (secondary N) is 1. The second kappa shape index (κ2) is 6.74. The predicted molar refractivity (Wildman–Crippen MR) is 69.5 cm³/mol. The molecule has 0 heterocycles. The van der Waals surface area contributed by atoms with Gasteiger partial charge in [-0.2, -0.15) is 0 Å². The van der Waals surface area contributed by atoms with Crippen LogP contribution >= 0.6 is 0 Å². The lowest BCUT2D eigenvalue weighted by Crippen LogP contribution is -2.28. The molecule has 1 unspecified atom stereocenters. The van der Waals surface area contributed by atoms with Crippen LogP contribution in [0, 0.1) is 0 Å². The molecular weight excluding hydrogens is 234 g/mol. The van der Waals surface area contributed by atoms with Crippen molar-refractivity contribution < 1.29 is 19.4 Å². The highest BCUT2D eigenvalue weighted by Crippen LogP contribution is 2.26. The number of aliphatic carboxylic acids is 1. The Hall–Kier alpha value is -1.91. The number of carbonyl (C=O) groups is 1. The van der Waals surface area contributed by atoms with Crippen LogP contribution in [0.3, 0.4) is 0 Å². The standard InChI is InChI=1S/C13H19NO4/c1-4-5-12(13(15)16)14-9-6-10(17-2)8-11(7-9)18-3/h6-8,12,14H,4-5H2,1-3H3,(H,15,16). The molecule has 1 atom stereocenters. The largest absolute Gasteiger partial charge is 0.497 e. The molecule has 0 fully saturated rings. The molecule has 5 heteroatoms. The van der Waals surface area contributed by atoms with Crippen molar-refractivity contribution in [1.82, 2.24) is 0 Å². The van der Waals surface area contributed by atoms with E-state index in [-0.39, 0.29) is 0 Å². The number of carboxylic acid groups (broad SMARTS) is 1. The first-order valence-corrected chi connectivity index (χ1v) is 5.83. The Bertz CT molecular complexity index is 384. The van der Waals surface area contributed by atoms with Crippen LogP contribution < -0.4 is 14.8 Å². The van der Waals surface area contributed by atoms with Crippen LogP contribution in [0.15, 0.2) is 18.2 Å². The molecule has 0 aromatic heterocycles. The van der Waals surface area contributed by atoms with E-state index in [9.17, 15) is 4.79 Å². The summed E-state index contributed by atoms with van der Waals surface area (Å²) in [4.78, 5) is 11.1. The van der Waals surface area contributed by atoms with E-state index in [4.69, 9.17) is 14.6 Å². The highest BCUT2D eigenvalue weighted by molar-refractivity contribution is 5.77. The summed E-state index contributed by atoms with van der Waals surface area (Å²) in [7, 11) is 3.11. The fourth-order valence-electron chi connectivity index (χ4n) is 1.64. The second-order valence-electron chi connectivity index (χ2n) is 3.93. The van der Waals surface area contributed by atoms with E-state index in [1.807, 2.05) is 6.92 Å². The SMILES string of the molecule is CCCC(Nc1cc(OC)cc(OC)c1)C(=O)O. The van der Waals surface area contributed by atoms with E-state index in [0.717, 1.165) is 6.42 Å². The predicted octanol–water partition coefficient (Wildman–Crippen LogP) is 2.37. The van der Waals surface area contributed by atoms with Crippen molar-refractivity contribution in [3.8, 4) is 11.5 Å². The molecule has 0 aliphatic carbocycles. The minimum atomic E-state index is -0.862. The lowest BCUT2D eigenvalue weighted by molar-refractivity contribution is -0.138. The normalized spacial score (nSPS) is 11.7. The zero-order chi connectivity index (χ0) is 13.5. The summed E-state index contributed by atoms with van der Waals surface area (Å²) in [6, 6.07) is 4.62. The minimum Gasteiger partial charge on any atom is -0.497 e. The Morgan fingerprint density at radius 2 is 1.83 bits per heavy atom. The molecule has 100 valence electrons. The van der Waals surface area contributed by atoms with Crippen molar-refractivity contribution in [2.75, 3.05) is 19.5 Å². The Labute approximate surface area is 107 Å². The van der Waals surface area contributed by atoms with E-state index in [2.05, 4.69) is 5.32 Å². The highest BCUT2D eigenvalue weighted by Gasteiger charge is 2.16. The molecular formula is C13H19NO4. The summed E-state index contributed by atoms with van der Waals surface area (Å²) < 4.78 is 10.3. The van der Waals surface area contributed by atoms with Crippen LogP contribution in [0.5, 0.6) is 11.5 Å². The van der Waals surface area contributed by atoms with Crippen molar-refractivity contribution in [2.24, 2.45) is 0 Å². The van der Waals surface area contributed by atoms with E-state index in [0.29, 0.717) is 23.6 Å². The quantitative estimate of drug-likeness (QED) is 0.780. The van der Waals surface area contributed by atoms with E-state index in [1.165, 1.54) is 0 Å². The number of carboxylic acids is 1. The Morgan fingerprint density at radius 3 is 2.22 bits per heavy atom. The van der Waals surface area contributed by atoms with Gasteiger partial charge in [0.15, 0.2) is 0 Å². The highest BCUT2D eigenvalue weighted by atomic mass is 16.5. The maximum Gasteiger partial charge on any atom is 0.326 e. The van der Waals surface area contributed by atoms with Crippen LogP contribution in [-0.2, 0) is 4.79 Å². The van der Waals surface area contributed by atoms with Crippen LogP contribution in [-0.4, -0.2) is 31.3 Å². The first kappa shape index (κ1) is 14.2. The van der Waals surface area contributed by atoms with E-state index < -0.39 is 12.0 Å². The summed E-state index contributed by atoms with van der Waals surface area (Å²) in [5.41, 5.74) is 0.673. The Morgan fingerprint density at radius 1 is 1.28 bits per heavy atom. The number of benzene rings is 1. The molecule has 0 saturated carbocycles. The number of rotatable bonds is 7. The zero-order valence-electron chi connectivity index (χ0n) is 10.9. The van der Waals surface area contributed by atoms with Gasteiger partial charge in [0.1, 0.15) is 17.5 Å². The molecule has 0 saturated heterocycles. The van der Waals surface area contributed by atoms with E-state index in [1.54, 1.807) is 32.4 Å². The summed E-state index contributed by atoms with van der Waals surface area (Å²) >= 11 is 0. The molecule has 18 heavy (non-hydrogen) atoms. The molecule has 1 aromatic carbocycles. The van der Waals surface area contributed by atoms with Gasteiger partial charge in [-0.15, -0.1) is 0 Å². The van der Waals surface area contributed by atoms with Crippen molar-refractivity contribution in [3.05, 3.63) is 18.2 Å². The zero-order valence-corrected chi connectivity index (χ0v) is 10.9. The summed E-state index contributed by atoms with van der Waals surface area (Å²) in [6.45, 7) is 1.95. The van der Waals surface area contributed by atoms with Crippen molar-refractivity contribution in [1.29, 1.82) is 0 Å². The van der Waals surface area contributed by atoms with Gasteiger partial charge in [0, 0.05) is 23.9 Å². The van der Waals surface area contributed by atoms with Gasteiger partial charge >= 0.3 is 5.97 Å². The molecule has 0 amide bonds. The van der Waals surface area contributed by atoms with E-state index >= 15 is 0 Å². The van der Waals surface area contributed by atoms with Gasteiger partial charge in [-0.05, 0) is 6.42 Å². The molecule has 1 rings (SSSR count). The molecule has 1 aromatic rings. The number of methoxy groups -OCH3 is 2. The molecule has 2 N–H and O–H groups in total. The number of ether oxygens (including phenoxy) is 2. The average molecular weight is 253 g/mol. The Balaban J connectivity index is 2.90. The smallest absolute Gasteiger partial charge is 0.326 e.